The van der Waals surface area contributed by atoms with Gasteiger partial charge in [-0.2, -0.15) is 0 Å². The maximum absolute atomic E-state index is 12.4. The summed E-state index contributed by atoms with van der Waals surface area (Å²) >= 11 is 1.71. The SMILES string of the molecule is CC(Cc1cccs1)NC(=O)N1CCN(C(=O)CN2CCOCC2)CC1. The highest BCUT2D eigenvalue weighted by Gasteiger charge is 2.26. The van der Waals surface area contributed by atoms with E-state index in [0.717, 1.165) is 19.5 Å². The molecule has 0 aliphatic carbocycles. The van der Waals surface area contributed by atoms with Crippen LogP contribution in [-0.4, -0.2) is 91.7 Å². The van der Waals surface area contributed by atoms with Crippen molar-refractivity contribution in [1.82, 2.24) is 20.0 Å². The summed E-state index contributed by atoms with van der Waals surface area (Å²) in [5.74, 6) is 0.151. The van der Waals surface area contributed by atoms with E-state index in [9.17, 15) is 9.59 Å². The zero-order chi connectivity index (χ0) is 18.4. The first-order chi connectivity index (χ1) is 12.6. The number of nitrogens with zero attached hydrogens (tertiary/aromatic N) is 3. The normalized spacial score (nSPS) is 20.0. The molecule has 2 saturated heterocycles. The standard InChI is InChI=1S/C18H28N4O3S/c1-15(13-16-3-2-12-26-16)19-18(24)22-6-4-21(5-7-22)17(23)14-20-8-10-25-11-9-20/h2-3,12,15H,4-11,13-14H2,1H3,(H,19,24). The van der Waals surface area contributed by atoms with Crippen LogP contribution in [0.2, 0.25) is 0 Å². The summed E-state index contributed by atoms with van der Waals surface area (Å²) in [5, 5.41) is 5.12. The van der Waals surface area contributed by atoms with Gasteiger partial charge in [-0.05, 0) is 18.4 Å². The zero-order valence-electron chi connectivity index (χ0n) is 15.4. The molecular weight excluding hydrogens is 352 g/mol. The van der Waals surface area contributed by atoms with E-state index in [-0.39, 0.29) is 18.0 Å². The molecule has 0 saturated carbocycles. The zero-order valence-corrected chi connectivity index (χ0v) is 16.2. The van der Waals surface area contributed by atoms with Crippen molar-refractivity contribution in [3.05, 3.63) is 22.4 Å². The van der Waals surface area contributed by atoms with Gasteiger partial charge in [0.1, 0.15) is 0 Å². The molecule has 144 valence electrons. The van der Waals surface area contributed by atoms with Gasteiger partial charge in [-0.25, -0.2) is 4.79 Å². The van der Waals surface area contributed by atoms with Crippen LogP contribution in [0.3, 0.4) is 0 Å². The summed E-state index contributed by atoms with van der Waals surface area (Å²) in [4.78, 5) is 31.9. The fraction of sp³-hybridized carbons (Fsp3) is 0.667. The van der Waals surface area contributed by atoms with Gasteiger partial charge in [-0.15, -0.1) is 11.3 Å². The Labute approximate surface area is 158 Å². The monoisotopic (exact) mass is 380 g/mol. The fourth-order valence-corrected chi connectivity index (χ4v) is 4.13. The number of carbonyl (C=O) groups is 2. The first kappa shape index (κ1) is 19.1. The Hall–Kier alpha value is -1.64. The van der Waals surface area contributed by atoms with Crippen LogP contribution in [0, 0.1) is 0 Å². The summed E-state index contributed by atoms with van der Waals surface area (Å²) in [6.45, 7) is 7.90. The molecule has 2 aliphatic rings. The fourth-order valence-electron chi connectivity index (χ4n) is 3.29. The Balaban J connectivity index is 1.38. The predicted octanol–water partition coefficient (Wildman–Crippen LogP) is 0.865. The number of ether oxygens (including phenoxy) is 1. The molecule has 3 heterocycles. The van der Waals surface area contributed by atoms with Crippen LogP contribution in [-0.2, 0) is 16.0 Å². The van der Waals surface area contributed by atoms with E-state index in [1.54, 1.807) is 11.3 Å². The second-order valence-electron chi connectivity index (χ2n) is 6.89. The number of urea groups is 1. The molecular formula is C18H28N4O3S. The van der Waals surface area contributed by atoms with Crippen molar-refractivity contribution in [2.45, 2.75) is 19.4 Å². The van der Waals surface area contributed by atoms with E-state index in [4.69, 9.17) is 4.74 Å². The number of amides is 3. The Morgan fingerprint density at radius 3 is 2.50 bits per heavy atom. The highest BCUT2D eigenvalue weighted by molar-refractivity contribution is 7.09. The van der Waals surface area contributed by atoms with Crippen molar-refractivity contribution in [3.8, 4) is 0 Å². The number of morpholine rings is 1. The van der Waals surface area contributed by atoms with Gasteiger partial charge in [0.2, 0.25) is 5.91 Å². The maximum Gasteiger partial charge on any atom is 0.317 e. The molecule has 0 bridgehead atoms. The average Bonchev–Trinajstić information content (AvgIpc) is 3.15. The van der Waals surface area contributed by atoms with Crippen LogP contribution in [0.4, 0.5) is 4.79 Å². The van der Waals surface area contributed by atoms with E-state index >= 15 is 0 Å². The van der Waals surface area contributed by atoms with Gasteiger partial charge in [0.25, 0.3) is 0 Å². The first-order valence-electron chi connectivity index (χ1n) is 9.27. The molecule has 0 spiro atoms. The van der Waals surface area contributed by atoms with E-state index in [1.807, 2.05) is 22.8 Å². The number of piperazine rings is 1. The molecule has 2 fully saturated rings. The lowest BCUT2D eigenvalue weighted by Crippen LogP contribution is -2.56. The molecule has 2 aliphatic heterocycles. The molecule has 1 N–H and O–H groups in total. The summed E-state index contributed by atoms with van der Waals surface area (Å²) in [6.07, 6.45) is 0.849. The second-order valence-corrected chi connectivity index (χ2v) is 7.92. The summed E-state index contributed by atoms with van der Waals surface area (Å²) in [5.41, 5.74) is 0. The molecule has 1 aromatic heterocycles. The van der Waals surface area contributed by atoms with E-state index in [0.29, 0.717) is 45.9 Å². The lowest BCUT2D eigenvalue weighted by atomic mass is 10.2. The molecule has 7 nitrogen and oxygen atoms in total. The Morgan fingerprint density at radius 1 is 1.15 bits per heavy atom. The van der Waals surface area contributed by atoms with Gasteiger partial charge in [0.05, 0.1) is 19.8 Å². The van der Waals surface area contributed by atoms with E-state index in [1.165, 1.54) is 4.88 Å². The minimum Gasteiger partial charge on any atom is -0.379 e. The number of hydrogen-bond acceptors (Lipinski definition) is 5. The van der Waals surface area contributed by atoms with Crippen LogP contribution in [0.5, 0.6) is 0 Å². The third-order valence-corrected chi connectivity index (χ3v) is 5.74. The highest BCUT2D eigenvalue weighted by Crippen LogP contribution is 2.11. The quantitative estimate of drug-likeness (QED) is 0.823. The third kappa shape index (κ3) is 5.43. The molecule has 8 heteroatoms. The van der Waals surface area contributed by atoms with Crippen molar-refractivity contribution >= 4 is 23.3 Å². The predicted molar refractivity (Wildman–Crippen MR) is 101 cm³/mol. The lowest BCUT2D eigenvalue weighted by Gasteiger charge is -2.36. The number of rotatable bonds is 5. The summed E-state index contributed by atoms with van der Waals surface area (Å²) < 4.78 is 5.31. The maximum atomic E-state index is 12.4. The Bertz CT molecular complexity index is 581. The lowest BCUT2D eigenvalue weighted by molar-refractivity contribution is -0.134. The van der Waals surface area contributed by atoms with Crippen LogP contribution in [0.15, 0.2) is 17.5 Å². The van der Waals surface area contributed by atoms with Crippen LogP contribution in [0.25, 0.3) is 0 Å². The van der Waals surface area contributed by atoms with Gasteiger partial charge in [-0.3, -0.25) is 9.69 Å². The average molecular weight is 381 g/mol. The van der Waals surface area contributed by atoms with E-state index < -0.39 is 0 Å². The number of hydrogen-bond donors (Lipinski definition) is 1. The molecule has 1 aromatic rings. The number of nitrogens with one attached hydrogen (secondary N) is 1. The molecule has 1 unspecified atom stereocenters. The van der Waals surface area contributed by atoms with Crippen molar-refractivity contribution in [3.63, 3.8) is 0 Å². The largest absolute Gasteiger partial charge is 0.379 e. The Kier molecular flexibility index (Phi) is 6.87. The smallest absolute Gasteiger partial charge is 0.317 e. The van der Waals surface area contributed by atoms with Gasteiger partial charge < -0.3 is 19.9 Å². The molecule has 26 heavy (non-hydrogen) atoms. The molecule has 1 atom stereocenters. The van der Waals surface area contributed by atoms with E-state index in [2.05, 4.69) is 21.7 Å². The van der Waals surface area contributed by atoms with Crippen molar-refractivity contribution < 1.29 is 14.3 Å². The number of thiophene rings is 1. The van der Waals surface area contributed by atoms with Crippen LogP contribution >= 0.6 is 11.3 Å². The molecule has 0 aromatic carbocycles. The third-order valence-electron chi connectivity index (χ3n) is 4.84. The van der Waals surface area contributed by atoms with Gasteiger partial charge in [0.15, 0.2) is 0 Å². The van der Waals surface area contributed by atoms with Gasteiger partial charge in [-0.1, -0.05) is 6.07 Å². The van der Waals surface area contributed by atoms with Crippen molar-refractivity contribution in [1.29, 1.82) is 0 Å². The number of carbonyl (C=O) groups excluding carboxylic acids is 2. The first-order valence-corrected chi connectivity index (χ1v) is 10.2. The van der Waals surface area contributed by atoms with Crippen molar-refractivity contribution in [2.24, 2.45) is 0 Å². The minimum absolute atomic E-state index is 0.0330. The van der Waals surface area contributed by atoms with Gasteiger partial charge >= 0.3 is 6.03 Å². The summed E-state index contributed by atoms with van der Waals surface area (Å²) in [6, 6.07) is 4.19. The van der Waals surface area contributed by atoms with Crippen LogP contribution < -0.4 is 5.32 Å². The molecule has 3 rings (SSSR count). The molecule has 0 radical (unpaired) electrons. The second kappa shape index (κ2) is 9.34. The molecule has 3 amide bonds. The van der Waals surface area contributed by atoms with Crippen LogP contribution in [0.1, 0.15) is 11.8 Å². The topological polar surface area (TPSA) is 65.1 Å². The summed E-state index contributed by atoms with van der Waals surface area (Å²) in [7, 11) is 0. The minimum atomic E-state index is -0.0330. The highest BCUT2D eigenvalue weighted by atomic mass is 32.1. The van der Waals surface area contributed by atoms with Gasteiger partial charge in [0, 0.05) is 56.6 Å². The Morgan fingerprint density at radius 2 is 1.85 bits per heavy atom. The van der Waals surface area contributed by atoms with Crippen molar-refractivity contribution in [2.75, 3.05) is 59.0 Å².